The van der Waals surface area contributed by atoms with Gasteiger partial charge in [0.05, 0.1) is 16.4 Å². The zero-order chi connectivity index (χ0) is 10.1. The molecule has 1 aliphatic heterocycles. The molecule has 1 aromatic heterocycles. The normalized spacial score (nSPS) is 17.6. The molecule has 0 radical (unpaired) electrons. The van der Waals surface area contributed by atoms with E-state index in [0.717, 1.165) is 22.8 Å². The maximum absolute atomic E-state index is 6.09. The number of allylic oxidation sites excluding steroid dienone is 2. The molecule has 14 heavy (non-hydrogen) atoms. The molecule has 0 unspecified atom stereocenters. The van der Waals surface area contributed by atoms with Gasteiger partial charge in [-0.25, -0.2) is 0 Å². The van der Waals surface area contributed by atoms with Gasteiger partial charge in [-0.05, 0) is 19.4 Å². The van der Waals surface area contributed by atoms with Gasteiger partial charge < -0.3 is 9.88 Å². The lowest BCUT2D eigenvalue weighted by Gasteiger charge is -2.20. The standard InChI is InChI=1S/C11H13ClN2/c1-3-8-7-14-6-5-9(12)11(14)10(4-2)13-8/h4-7,13H,3H2,1-2H3. The maximum Gasteiger partial charge on any atom is 0.0873 e. The van der Waals surface area contributed by atoms with E-state index < -0.39 is 0 Å². The van der Waals surface area contributed by atoms with Crippen LogP contribution in [0.3, 0.4) is 0 Å². The van der Waals surface area contributed by atoms with Crippen LogP contribution in [0.25, 0.3) is 11.9 Å². The Labute approximate surface area is 88.9 Å². The van der Waals surface area contributed by atoms with Crippen molar-refractivity contribution in [2.75, 3.05) is 0 Å². The van der Waals surface area contributed by atoms with Gasteiger partial charge in [0.15, 0.2) is 0 Å². The topological polar surface area (TPSA) is 17.0 Å². The highest BCUT2D eigenvalue weighted by Crippen LogP contribution is 2.28. The smallest absolute Gasteiger partial charge is 0.0873 e. The van der Waals surface area contributed by atoms with E-state index in [1.54, 1.807) is 0 Å². The number of nitrogens with zero attached hydrogens (tertiary/aromatic N) is 1. The first-order chi connectivity index (χ1) is 6.76. The van der Waals surface area contributed by atoms with Crippen molar-refractivity contribution in [3.8, 4) is 0 Å². The van der Waals surface area contributed by atoms with Crippen molar-refractivity contribution in [3.63, 3.8) is 0 Å². The van der Waals surface area contributed by atoms with Crippen molar-refractivity contribution in [1.29, 1.82) is 0 Å². The molecule has 0 aromatic carbocycles. The number of aromatic nitrogens is 1. The summed E-state index contributed by atoms with van der Waals surface area (Å²) in [6.07, 6.45) is 7.10. The third-order valence-corrected chi connectivity index (χ3v) is 2.69. The summed E-state index contributed by atoms with van der Waals surface area (Å²) in [5.74, 6) is 0. The van der Waals surface area contributed by atoms with Crippen molar-refractivity contribution >= 4 is 23.5 Å². The summed E-state index contributed by atoms with van der Waals surface area (Å²) in [6, 6.07) is 1.91. The molecule has 0 bridgehead atoms. The second kappa shape index (κ2) is 3.54. The first-order valence-electron chi connectivity index (χ1n) is 4.77. The molecule has 1 aliphatic rings. The molecule has 0 fully saturated rings. The predicted molar refractivity (Wildman–Crippen MR) is 60.8 cm³/mol. The summed E-state index contributed by atoms with van der Waals surface area (Å²) in [5, 5.41) is 4.14. The van der Waals surface area contributed by atoms with E-state index in [1.165, 1.54) is 5.70 Å². The van der Waals surface area contributed by atoms with Crippen molar-refractivity contribution < 1.29 is 0 Å². The highest BCUT2D eigenvalue weighted by atomic mass is 35.5. The SMILES string of the molecule is CC=C1NC(CC)=Cn2ccc(Cl)c21. The van der Waals surface area contributed by atoms with E-state index in [0.29, 0.717) is 0 Å². The molecule has 2 rings (SSSR count). The van der Waals surface area contributed by atoms with Crippen molar-refractivity contribution in [2.24, 2.45) is 0 Å². The number of halogens is 1. The van der Waals surface area contributed by atoms with Gasteiger partial charge in [0.1, 0.15) is 0 Å². The minimum atomic E-state index is 0.789. The fourth-order valence-electron chi connectivity index (χ4n) is 1.62. The molecule has 2 heterocycles. The first-order valence-corrected chi connectivity index (χ1v) is 5.14. The Morgan fingerprint density at radius 1 is 1.57 bits per heavy atom. The Morgan fingerprint density at radius 2 is 2.36 bits per heavy atom. The van der Waals surface area contributed by atoms with Crippen LogP contribution in [0.5, 0.6) is 0 Å². The fourth-order valence-corrected chi connectivity index (χ4v) is 1.87. The molecule has 0 atom stereocenters. The molecule has 3 heteroatoms. The lowest BCUT2D eigenvalue weighted by atomic mass is 10.2. The number of fused-ring (bicyclic) bond motifs is 1. The van der Waals surface area contributed by atoms with E-state index in [9.17, 15) is 0 Å². The summed E-state index contributed by atoms with van der Waals surface area (Å²) in [4.78, 5) is 0. The Kier molecular flexibility index (Phi) is 2.38. The quantitative estimate of drug-likeness (QED) is 0.749. The van der Waals surface area contributed by atoms with E-state index >= 15 is 0 Å². The second-order valence-electron chi connectivity index (χ2n) is 3.25. The van der Waals surface area contributed by atoms with E-state index in [1.807, 2.05) is 25.3 Å². The molecule has 0 saturated carbocycles. The molecule has 2 nitrogen and oxygen atoms in total. The summed E-state index contributed by atoms with van der Waals surface area (Å²) in [5.41, 5.74) is 3.34. The Morgan fingerprint density at radius 3 is 3.00 bits per heavy atom. The molecular formula is C11H13ClN2. The zero-order valence-electron chi connectivity index (χ0n) is 8.34. The van der Waals surface area contributed by atoms with Crippen LogP contribution in [0.1, 0.15) is 26.0 Å². The van der Waals surface area contributed by atoms with E-state index in [-0.39, 0.29) is 0 Å². The molecule has 1 aromatic rings. The average Bonchev–Trinajstić information content (AvgIpc) is 2.59. The first kappa shape index (κ1) is 9.41. The largest absolute Gasteiger partial charge is 0.356 e. The summed E-state index contributed by atoms with van der Waals surface area (Å²) >= 11 is 6.09. The van der Waals surface area contributed by atoms with Gasteiger partial charge in [-0.3, -0.25) is 0 Å². The zero-order valence-corrected chi connectivity index (χ0v) is 9.10. The predicted octanol–water partition coefficient (Wildman–Crippen LogP) is 3.31. The highest BCUT2D eigenvalue weighted by molar-refractivity contribution is 6.32. The lowest BCUT2D eigenvalue weighted by molar-refractivity contribution is 0.905. The summed E-state index contributed by atoms with van der Waals surface area (Å²) < 4.78 is 2.06. The van der Waals surface area contributed by atoms with Gasteiger partial charge in [-0.1, -0.05) is 24.6 Å². The monoisotopic (exact) mass is 208 g/mol. The minimum absolute atomic E-state index is 0.789. The highest BCUT2D eigenvalue weighted by Gasteiger charge is 2.15. The Bertz CT molecular complexity index is 413. The third kappa shape index (κ3) is 1.36. The van der Waals surface area contributed by atoms with Crippen LogP contribution in [0.2, 0.25) is 5.02 Å². The van der Waals surface area contributed by atoms with Crippen LogP contribution >= 0.6 is 11.6 Å². The number of hydrogen-bond acceptors (Lipinski definition) is 1. The summed E-state index contributed by atoms with van der Waals surface area (Å²) in [6.45, 7) is 4.14. The van der Waals surface area contributed by atoms with Crippen LogP contribution in [0.15, 0.2) is 24.0 Å². The minimum Gasteiger partial charge on any atom is -0.356 e. The number of hydrogen-bond donors (Lipinski definition) is 1. The van der Waals surface area contributed by atoms with Gasteiger partial charge in [0.25, 0.3) is 0 Å². The molecular weight excluding hydrogens is 196 g/mol. The van der Waals surface area contributed by atoms with Crippen LogP contribution in [0, 0.1) is 0 Å². The van der Waals surface area contributed by atoms with Gasteiger partial charge in [-0.2, -0.15) is 0 Å². The lowest BCUT2D eigenvalue weighted by Crippen LogP contribution is -2.18. The fraction of sp³-hybridized carbons (Fsp3) is 0.273. The van der Waals surface area contributed by atoms with Crippen LogP contribution in [-0.2, 0) is 0 Å². The van der Waals surface area contributed by atoms with Gasteiger partial charge in [0.2, 0.25) is 0 Å². The third-order valence-electron chi connectivity index (χ3n) is 2.38. The molecule has 0 aliphatic carbocycles. The van der Waals surface area contributed by atoms with Crippen LogP contribution in [-0.4, -0.2) is 4.57 Å². The Hall–Kier alpha value is -1.15. The van der Waals surface area contributed by atoms with Crippen molar-refractivity contribution in [2.45, 2.75) is 20.3 Å². The van der Waals surface area contributed by atoms with E-state index in [4.69, 9.17) is 11.6 Å². The maximum atomic E-state index is 6.09. The molecule has 74 valence electrons. The van der Waals surface area contributed by atoms with Crippen LogP contribution < -0.4 is 5.32 Å². The number of nitrogens with one attached hydrogen (secondary N) is 1. The van der Waals surface area contributed by atoms with E-state index in [2.05, 4.69) is 23.0 Å². The second-order valence-corrected chi connectivity index (χ2v) is 3.66. The van der Waals surface area contributed by atoms with Gasteiger partial charge in [0, 0.05) is 18.1 Å². The Balaban J connectivity index is 2.57. The molecule has 0 amide bonds. The van der Waals surface area contributed by atoms with Crippen LogP contribution in [0.4, 0.5) is 0 Å². The van der Waals surface area contributed by atoms with Gasteiger partial charge >= 0.3 is 0 Å². The van der Waals surface area contributed by atoms with Gasteiger partial charge in [-0.15, -0.1) is 0 Å². The number of rotatable bonds is 1. The van der Waals surface area contributed by atoms with Crippen molar-refractivity contribution in [3.05, 3.63) is 34.8 Å². The molecule has 0 saturated heterocycles. The molecule has 1 N–H and O–H groups in total. The average molecular weight is 209 g/mol. The molecule has 0 spiro atoms. The van der Waals surface area contributed by atoms with Crippen molar-refractivity contribution in [1.82, 2.24) is 9.88 Å². The summed E-state index contributed by atoms with van der Waals surface area (Å²) in [7, 11) is 0.